The Morgan fingerprint density at radius 2 is 1.45 bits per heavy atom. The molecular formula is C36H47N5O9S. The summed E-state index contributed by atoms with van der Waals surface area (Å²) in [6.07, 6.45) is 2.37. The standard InChI is InChI=1S/C36H47N5O9S/c1-22(38-35(47)50-36(2,3)4)31(43)39-27(16-17-51-6)32(44)40-28(19-30(42)49-21-23-12-8-7-9-13-23)33(45)41-29(34(46)48-5)18-24-20-37-26-15-11-10-14-25(24)26/h7-15,20,22,27-29,37H,16-19,21H2,1-6H3,(H,38,47)(H,39,43)(H,40,44)(H,41,45)/t22-,27-,28-,29-/m0/s1. The van der Waals surface area contributed by atoms with Crippen molar-refractivity contribution in [3.8, 4) is 0 Å². The number of para-hydroxylation sites is 1. The van der Waals surface area contributed by atoms with E-state index in [1.165, 1.54) is 25.8 Å². The fourth-order valence-electron chi connectivity index (χ4n) is 4.92. The van der Waals surface area contributed by atoms with Crippen molar-refractivity contribution < 1.29 is 43.0 Å². The Kier molecular flexibility index (Phi) is 15.3. The number of benzene rings is 2. The van der Waals surface area contributed by atoms with Gasteiger partial charge in [-0.15, -0.1) is 0 Å². The molecule has 1 heterocycles. The molecule has 2 aromatic carbocycles. The third-order valence-electron chi connectivity index (χ3n) is 7.52. The van der Waals surface area contributed by atoms with Crippen molar-refractivity contribution in [2.24, 2.45) is 0 Å². The summed E-state index contributed by atoms with van der Waals surface area (Å²) in [5, 5.41) is 11.1. The lowest BCUT2D eigenvalue weighted by Crippen LogP contribution is -2.58. The van der Waals surface area contributed by atoms with Gasteiger partial charge in [-0.05, 0) is 63.3 Å². The van der Waals surface area contributed by atoms with E-state index >= 15 is 0 Å². The van der Waals surface area contributed by atoms with Gasteiger partial charge in [-0.3, -0.25) is 19.2 Å². The maximum absolute atomic E-state index is 13.8. The second-order valence-electron chi connectivity index (χ2n) is 12.8. The molecular weight excluding hydrogens is 678 g/mol. The van der Waals surface area contributed by atoms with Crippen molar-refractivity contribution in [3.63, 3.8) is 0 Å². The molecule has 3 aromatic rings. The number of rotatable bonds is 17. The molecule has 4 atom stereocenters. The van der Waals surface area contributed by atoms with Crippen LogP contribution >= 0.6 is 11.8 Å². The van der Waals surface area contributed by atoms with Crippen LogP contribution in [0.25, 0.3) is 10.9 Å². The molecule has 0 aliphatic rings. The second kappa shape index (κ2) is 19.4. The van der Waals surface area contributed by atoms with Crippen molar-refractivity contribution in [2.75, 3.05) is 19.1 Å². The summed E-state index contributed by atoms with van der Waals surface area (Å²) in [6, 6.07) is 11.5. The van der Waals surface area contributed by atoms with Crippen LogP contribution in [0, 0.1) is 0 Å². The topological polar surface area (TPSA) is 194 Å². The number of alkyl carbamates (subject to hydrolysis) is 1. The SMILES string of the molecule is COC(=O)[C@H](Cc1c[nH]c2ccccc12)NC(=O)[C@H](CC(=O)OCc1ccccc1)NC(=O)[C@H](CCSC)NC(=O)[C@H](C)NC(=O)OC(C)(C)C. The zero-order valence-corrected chi connectivity index (χ0v) is 30.5. The third kappa shape index (κ3) is 13.3. The first kappa shape index (κ1) is 40.4. The monoisotopic (exact) mass is 725 g/mol. The number of fused-ring (bicyclic) bond motifs is 1. The predicted octanol–water partition coefficient (Wildman–Crippen LogP) is 3.14. The number of aromatic nitrogens is 1. The molecule has 15 heteroatoms. The van der Waals surface area contributed by atoms with Crippen LogP contribution in [0.3, 0.4) is 0 Å². The van der Waals surface area contributed by atoms with Crippen LogP contribution in [-0.2, 0) is 51.2 Å². The molecule has 14 nitrogen and oxygen atoms in total. The largest absolute Gasteiger partial charge is 0.467 e. The number of hydrogen-bond donors (Lipinski definition) is 5. The lowest BCUT2D eigenvalue weighted by atomic mass is 10.0. The van der Waals surface area contributed by atoms with Crippen molar-refractivity contribution in [2.45, 2.75) is 83.3 Å². The van der Waals surface area contributed by atoms with E-state index in [4.69, 9.17) is 14.2 Å². The van der Waals surface area contributed by atoms with Crippen LogP contribution in [0.2, 0.25) is 0 Å². The predicted molar refractivity (Wildman–Crippen MR) is 192 cm³/mol. The fraction of sp³-hybridized carbons (Fsp3) is 0.444. The Morgan fingerprint density at radius 1 is 0.824 bits per heavy atom. The van der Waals surface area contributed by atoms with Crippen molar-refractivity contribution in [3.05, 3.63) is 71.9 Å². The Labute approximate surface area is 301 Å². The van der Waals surface area contributed by atoms with E-state index in [9.17, 15) is 28.8 Å². The highest BCUT2D eigenvalue weighted by molar-refractivity contribution is 7.98. The van der Waals surface area contributed by atoms with Crippen LogP contribution in [0.5, 0.6) is 0 Å². The number of thioether (sulfide) groups is 1. The molecule has 0 spiro atoms. The van der Waals surface area contributed by atoms with Gasteiger partial charge in [-0.25, -0.2) is 9.59 Å². The average molecular weight is 726 g/mol. The molecule has 0 saturated heterocycles. The number of carbonyl (C=O) groups is 6. The van der Waals surface area contributed by atoms with Crippen LogP contribution in [0.15, 0.2) is 60.8 Å². The zero-order valence-electron chi connectivity index (χ0n) is 29.7. The maximum atomic E-state index is 13.8. The summed E-state index contributed by atoms with van der Waals surface area (Å²) in [4.78, 5) is 81.8. The third-order valence-corrected chi connectivity index (χ3v) is 8.16. The second-order valence-corrected chi connectivity index (χ2v) is 13.8. The van der Waals surface area contributed by atoms with Gasteiger partial charge in [0.1, 0.15) is 36.4 Å². The molecule has 0 radical (unpaired) electrons. The summed E-state index contributed by atoms with van der Waals surface area (Å²) in [6.45, 7) is 6.41. The number of ether oxygens (including phenoxy) is 3. The number of esters is 2. The molecule has 51 heavy (non-hydrogen) atoms. The van der Waals surface area contributed by atoms with Gasteiger partial charge in [0.15, 0.2) is 0 Å². The Bertz CT molecular complexity index is 1660. The molecule has 0 aliphatic carbocycles. The first-order valence-corrected chi connectivity index (χ1v) is 17.8. The zero-order chi connectivity index (χ0) is 37.6. The van der Waals surface area contributed by atoms with E-state index in [1.807, 2.05) is 36.6 Å². The van der Waals surface area contributed by atoms with E-state index < -0.39 is 71.9 Å². The molecule has 276 valence electrons. The molecule has 3 rings (SSSR count). The number of aromatic amines is 1. The average Bonchev–Trinajstić information content (AvgIpc) is 3.50. The summed E-state index contributed by atoms with van der Waals surface area (Å²) in [7, 11) is 1.19. The Morgan fingerprint density at radius 3 is 2.12 bits per heavy atom. The minimum Gasteiger partial charge on any atom is -0.467 e. The molecule has 0 fully saturated rings. The Hall–Kier alpha value is -5.05. The molecule has 0 aliphatic heterocycles. The molecule has 0 saturated carbocycles. The van der Waals surface area contributed by atoms with Crippen molar-refractivity contribution in [1.82, 2.24) is 26.3 Å². The number of hydrogen-bond acceptors (Lipinski definition) is 10. The highest BCUT2D eigenvalue weighted by Crippen LogP contribution is 2.20. The van der Waals surface area contributed by atoms with Crippen LogP contribution in [-0.4, -0.2) is 89.6 Å². The molecule has 0 unspecified atom stereocenters. The van der Waals surface area contributed by atoms with E-state index in [2.05, 4.69) is 26.3 Å². The van der Waals surface area contributed by atoms with Gasteiger partial charge in [0.25, 0.3) is 0 Å². The van der Waals surface area contributed by atoms with Gasteiger partial charge in [-0.1, -0.05) is 48.5 Å². The maximum Gasteiger partial charge on any atom is 0.408 e. The van der Waals surface area contributed by atoms with Crippen LogP contribution in [0.4, 0.5) is 4.79 Å². The van der Waals surface area contributed by atoms with Crippen molar-refractivity contribution >= 4 is 58.4 Å². The van der Waals surface area contributed by atoms with E-state index in [1.54, 1.807) is 51.2 Å². The summed E-state index contributed by atoms with van der Waals surface area (Å²) in [5.41, 5.74) is 1.50. The highest BCUT2D eigenvalue weighted by atomic mass is 32.2. The minimum atomic E-state index is -1.50. The van der Waals surface area contributed by atoms with E-state index in [0.29, 0.717) is 11.3 Å². The van der Waals surface area contributed by atoms with Gasteiger partial charge in [0.05, 0.1) is 13.5 Å². The van der Waals surface area contributed by atoms with Gasteiger partial charge >= 0.3 is 18.0 Å². The first-order valence-electron chi connectivity index (χ1n) is 16.4. The van der Waals surface area contributed by atoms with Gasteiger partial charge in [-0.2, -0.15) is 11.8 Å². The lowest BCUT2D eigenvalue weighted by molar-refractivity contribution is -0.148. The summed E-state index contributed by atoms with van der Waals surface area (Å²) >= 11 is 1.43. The van der Waals surface area contributed by atoms with Gasteiger partial charge in [0, 0.05) is 23.5 Å². The number of H-pyrrole nitrogens is 1. The number of carbonyl (C=O) groups excluding carboxylic acids is 6. The molecule has 0 bridgehead atoms. The van der Waals surface area contributed by atoms with Crippen LogP contribution < -0.4 is 21.3 Å². The lowest BCUT2D eigenvalue weighted by Gasteiger charge is -2.26. The van der Waals surface area contributed by atoms with Gasteiger partial charge < -0.3 is 40.5 Å². The highest BCUT2D eigenvalue weighted by Gasteiger charge is 2.33. The first-order chi connectivity index (χ1) is 24.2. The van der Waals surface area contributed by atoms with E-state index in [0.717, 1.165) is 16.5 Å². The fourth-order valence-corrected chi connectivity index (χ4v) is 5.40. The molecule has 1 aromatic heterocycles. The summed E-state index contributed by atoms with van der Waals surface area (Å²) in [5.74, 6) is -3.34. The number of amides is 4. The molecule has 5 N–H and O–H groups in total. The normalized spacial score (nSPS) is 13.5. The van der Waals surface area contributed by atoms with Gasteiger partial charge in [0.2, 0.25) is 17.7 Å². The van der Waals surface area contributed by atoms with Crippen LogP contribution in [0.1, 0.15) is 51.7 Å². The molecule has 4 amide bonds. The Balaban J connectivity index is 1.81. The minimum absolute atomic E-state index is 0.0521. The number of methoxy groups -OCH3 is 1. The summed E-state index contributed by atoms with van der Waals surface area (Å²) < 4.78 is 15.6. The number of nitrogens with one attached hydrogen (secondary N) is 5. The quantitative estimate of drug-likeness (QED) is 0.102. The smallest absolute Gasteiger partial charge is 0.408 e. The van der Waals surface area contributed by atoms with Crippen molar-refractivity contribution in [1.29, 1.82) is 0 Å². The van der Waals surface area contributed by atoms with E-state index in [-0.39, 0.29) is 19.4 Å².